The fraction of sp³-hybridized carbons (Fsp3) is 0.400. The number of hydrogen-bond acceptors (Lipinski definition) is 3. The van der Waals surface area contributed by atoms with E-state index in [1.807, 2.05) is 0 Å². The average molecular weight is 331 g/mol. The number of rotatable bonds is 3. The number of aliphatic hydroxyl groups is 2. The number of hydrogen-bond donors (Lipinski definition) is 3. The molecule has 0 spiro atoms. The van der Waals surface area contributed by atoms with Gasteiger partial charge in [-0.3, -0.25) is 0 Å². The van der Waals surface area contributed by atoms with E-state index < -0.39 is 23.9 Å². The molecule has 1 rings (SSSR count). The molecule has 2 unspecified atom stereocenters. The number of aliphatic hydroxyl groups excluding tert-OH is 2. The van der Waals surface area contributed by atoms with Gasteiger partial charge >= 0.3 is 6.18 Å². The van der Waals surface area contributed by atoms with Crippen molar-refractivity contribution in [2.24, 2.45) is 0 Å². The van der Waals surface area contributed by atoms with Crippen LogP contribution in [0, 0.1) is 0 Å². The van der Waals surface area contributed by atoms with Gasteiger partial charge in [-0.2, -0.15) is 25.8 Å². The van der Waals surface area contributed by atoms with E-state index >= 15 is 0 Å². The molecule has 2 N–H and O–H groups in total. The molecule has 2 atom stereocenters. The van der Waals surface area contributed by atoms with Gasteiger partial charge in [0.1, 0.15) is 6.10 Å². The molecule has 1 aromatic carbocycles. The fourth-order valence-corrected chi connectivity index (χ4v) is 1.90. The van der Waals surface area contributed by atoms with Crippen LogP contribution in [-0.2, 0) is 6.18 Å². The van der Waals surface area contributed by atoms with Crippen molar-refractivity contribution in [1.82, 2.24) is 0 Å². The summed E-state index contributed by atoms with van der Waals surface area (Å²) in [6, 6.07) is 3.37. The number of benzene rings is 1. The van der Waals surface area contributed by atoms with Crippen LogP contribution in [-0.4, -0.2) is 22.1 Å². The largest absolute Gasteiger partial charge is 0.416 e. The maximum atomic E-state index is 12.7. The van der Waals surface area contributed by atoms with Crippen LogP contribution in [0.25, 0.3) is 0 Å². The van der Waals surface area contributed by atoms with E-state index in [0.717, 1.165) is 12.1 Å². The van der Waals surface area contributed by atoms with Gasteiger partial charge in [-0.15, -0.1) is 0 Å². The van der Waals surface area contributed by atoms with E-state index in [2.05, 4.69) is 28.6 Å². The summed E-state index contributed by atoms with van der Waals surface area (Å²) in [6.45, 7) is 0. The molecule has 96 valence electrons. The fourth-order valence-electron chi connectivity index (χ4n) is 1.34. The summed E-state index contributed by atoms with van der Waals surface area (Å²) in [5.74, 6) is -0.130. The zero-order valence-electron chi connectivity index (χ0n) is 8.45. The highest BCUT2D eigenvalue weighted by Gasteiger charge is 2.36. The number of thiol groups is 1. The molecule has 0 aliphatic rings. The van der Waals surface area contributed by atoms with E-state index in [9.17, 15) is 23.4 Å². The Morgan fingerprint density at radius 3 is 2.35 bits per heavy atom. The van der Waals surface area contributed by atoms with Gasteiger partial charge in [0.05, 0.1) is 11.7 Å². The summed E-state index contributed by atoms with van der Waals surface area (Å²) in [6.07, 6.45) is -7.55. The molecular weight excluding hydrogens is 321 g/mol. The lowest BCUT2D eigenvalue weighted by Gasteiger charge is -2.21. The van der Waals surface area contributed by atoms with Crippen LogP contribution in [0.2, 0.25) is 0 Å². The van der Waals surface area contributed by atoms with Gasteiger partial charge in [0, 0.05) is 10.2 Å². The summed E-state index contributed by atoms with van der Waals surface area (Å²) in [5, 5.41) is 18.9. The highest BCUT2D eigenvalue weighted by molar-refractivity contribution is 9.10. The molecule has 0 radical (unpaired) electrons. The second-order valence-electron chi connectivity index (χ2n) is 3.42. The van der Waals surface area contributed by atoms with Crippen LogP contribution in [0.3, 0.4) is 0 Å². The smallest absolute Gasteiger partial charge is 0.389 e. The molecule has 2 nitrogen and oxygen atoms in total. The molecule has 0 aliphatic heterocycles. The molecule has 0 heterocycles. The molecule has 0 aromatic heterocycles. The molecule has 0 fully saturated rings. The molecule has 0 amide bonds. The lowest BCUT2D eigenvalue weighted by molar-refractivity contribution is -0.139. The first-order valence-corrected chi connectivity index (χ1v) is 6.03. The average Bonchev–Trinajstić information content (AvgIpc) is 2.25. The molecule has 17 heavy (non-hydrogen) atoms. The molecule has 0 saturated heterocycles. The van der Waals surface area contributed by atoms with Crippen molar-refractivity contribution < 1.29 is 23.4 Å². The van der Waals surface area contributed by atoms with Crippen LogP contribution in [0.5, 0.6) is 0 Å². The summed E-state index contributed by atoms with van der Waals surface area (Å²) in [7, 11) is 0. The van der Waals surface area contributed by atoms with E-state index in [4.69, 9.17) is 0 Å². The van der Waals surface area contributed by atoms with Crippen LogP contribution in [0.15, 0.2) is 22.7 Å². The molecule has 7 heteroatoms. The van der Waals surface area contributed by atoms with Crippen molar-refractivity contribution in [2.75, 3.05) is 5.75 Å². The Labute approximate surface area is 110 Å². The Morgan fingerprint density at radius 1 is 1.29 bits per heavy atom. The van der Waals surface area contributed by atoms with Crippen molar-refractivity contribution in [3.63, 3.8) is 0 Å². The lowest BCUT2D eigenvalue weighted by atomic mass is 9.99. The van der Waals surface area contributed by atoms with Crippen molar-refractivity contribution in [2.45, 2.75) is 18.4 Å². The molecule has 1 aromatic rings. The third kappa shape index (κ3) is 3.61. The van der Waals surface area contributed by atoms with Gasteiger partial charge in [-0.25, -0.2) is 0 Å². The van der Waals surface area contributed by atoms with Crippen molar-refractivity contribution >= 4 is 28.6 Å². The predicted octanol–water partition coefficient (Wildman–Crippen LogP) is 2.79. The highest BCUT2D eigenvalue weighted by Crippen LogP contribution is 2.37. The van der Waals surface area contributed by atoms with Crippen molar-refractivity contribution in [3.8, 4) is 0 Å². The Bertz CT molecular complexity index is 398. The molecular formula is C10H10BrF3O2S. The topological polar surface area (TPSA) is 40.5 Å². The minimum absolute atomic E-state index is 0.130. The Kier molecular flexibility index (Phi) is 4.88. The third-order valence-corrected chi connectivity index (χ3v) is 3.06. The first-order chi connectivity index (χ1) is 7.77. The Morgan fingerprint density at radius 2 is 1.88 bits per heavy atom. The maximum absolute atomic E-state index is 12.7. The SMILES string of the molecule is OC(CS)C(O)c1ccc(Br)cc1C(F)(F)F. The minimum Gasteiger partial charge on any atom is -0.389 e. The number of alkyl halides is 3. The van der Waals surface area contributed by atoms with Crippen LogP contribution in [0.4, 0.5) is 13.2 Å². The maximum Gasteiger partial charge on any atom is 0.416 e. The summed E-state index contributed by atoms with van der Waals surface area (Å²) >= 11 is 6.66. The van der Waals surface area contributed by atoms with Crippen LogP contribution in [0.1, 0.15) is 17.2 Å². The van der Waals surface area contributed by atoms with Crippen LogP contribution < -0.4 is 0 Å². The van der Waals surface area contributed by atoms with Crippen molar-refractivity contribution in [3.05, 3.63) is 33.8 Å². The molecule has 0 bridgehead atoms. The van der Waals surface area contributed by atoms with Gasteiger partial charge in [-0.1, -0.05) is 22.0 Å². The molecule has 0 aliphatic carbocycles. The van der Waals surface area contributed by atoms with Gasteiger partial charge in [0.25, 0.3) is 0 Å². The zero-order valence-corrected chi connectivity index (χ0v) is 10.9. The first kappa shape index (κ1) is 14.8. The quantitative estimate of drug-likeness (QED) is 0.746. The van der Waals surface area contributed by atoms with Crippen LogP contribution >= 0.6 is 28.6 Å². The Balaban J connectivity index is 3.24. The van der Waals surface area contributed by atoms with E-state index in [1.54, 1.807) is 0 Å². The van der Waals surface area contributed by atoms with Gasteiger partial charge in [-0.05, 0) is 17.7 Å². The molecule has 0 saturated carbocycles. The van der Waals surface area contributed by atoms with E-state index in [0.29, 0.717) is 0 Å². The Hall–Kier alpha value is -0.240. The minimum atomic E-state index is -4.59. The third-order valence-electron chi connectivity index (χ3n) is 2.19. The van der Waals surface area contributed by atoms with Gasteiger partial charge in [0.15, 0.2) is 0 Å². The van der Waals surface area contributed by atoms with E-state index in [1.165, 1.54) is 6.07 Å². The van der Waals surface area contributed by atoms with Gasteiger partial charge in [0.2, 0.25) is 0 Å². The number of halogens is 4. The second-order valence-corrected chi connectivity index (χ2v) is 4.70. The summed E-state index contributed by atoms with van der Waals surface area (Å²) in [4.78, 5) is 0. The predicted molar refractivity (Wildman–Crippen MR) is 64.0 cm³/mol. The lowest BCUT2D eigenvalue weighted by Crippen LogP contribution is -2.23. The first-order valence-electron chi connectivity index (χ1n) is 4.61. The van der Waals surface area contributed by atoms with Gasteiger partial charge < -0.3 is 10.2 Å². The van der Waals surface area contributed by atoms with E-state index in [-0.39, 0.29) is 15.8 Å². The normalized spacial score (nSPS) is 15.7. The standard InChI is InChI=1S/C10H10BrF3O2S/c11-5-1-2-6(9(16)8(15)4-17)7(3-5)10(12,13)14/h1-3,8-9,15-17H,4H2. The highest BCUT2D eigenvalue weighted by atomic mass is 79.9. The monoisotopic (exact) mass is 330 g/mol. The second kappa shape index (κ2) is 5.60. The zero-order chi connectivity index (χ0) is 13.2. The van der Waals surface area contributed by atoms with Crippen molar-refractivity contribution in [1.29, 1.82) is 0 Å². The summed E-state index contributed by atoms with van der Waals surface area (Å²) in [5.41, 5.74) is -1.33. The summed E-state index contributed by atoms with van der Waals surface area (Å²) < 4.78 is 38.4.